The summed E-state index contributed by atoms with van der Waals surface area (Å²) in [7, 11) is 0. The number of nitrogens with zero attached hydrogens (tertiary/aromatic N) is 3. The quantitative estimate of drug-likeness (QED) is 0.424. The van der Waals surface area contributed by atoms with Crippen LogP contribution < -0.4 is 15.9 Å². The molecule has 0 unspecified atom stereocenters. The van der Waals surface area contributed by atoms with E-state index in [9.17, 15) is 4.79 Å². The summed E-state index contributed by atoms with van der Waals surface area (Å²) in [5.41, 5.74) is 1.46. The molecule has 0 spiro atoms. The van der Waals surface area contributed by atoms with Crippen molar-refractivity contribution >= 4 is 39.3 Å². The fraction of sp³-hybridized carbons (Fsp3) is 0.167. The Bertz CT molecular complexity index is 947. The molecule has 0 saturated heterocycles. The number of rotatable bonds is 7. The zero-order chi connectivity index (χ0) is 19.2. The summed E-state index contributed by atoms with van der Waals surface area (Å²) in [6.45, 7) is 2.42. The summed E-state index contributed by atoms with van der Waals surface area (Å²) in [5, 5.41) is 11.5. The van der Waals surface area contributed by atoms with Gasteiger partial charge in [-0.15, -0.1) is 10.2 Å². The van der Waals surface area contributed by atoms with Crippen LogP contribution >= 0.6 is 27.7 Å². The van der Waals surface area contributed by atoms with Gasteiger partial charge in [-0.25, -0.2) is 4.68 Å². The molecular weight excluding hydrogens is 430 g/mol. The van der Waals surface area contributed by atoms with Crippen LogP contribution in [-0.2, 0) is 4.79 Å². The molecule has 140 valence electrons. The van der Waals surface area contributed by atoms with Crippen LogP contribution in [0.1, 0.15) is 6.92 Å². The lowest BCUT2D eigenvalue weighted by molar-refractivity contribution is -0.113. The van der Waals surface area contributed by atoms with Gasteiger partial charge in [-0.2, -0.15) is 0 Å². The molecule has 0 aliphatic carbocycles. The highest BCUT2D eigenvalue weighted by atomic mass is 79.9. The van der Waals surface area contributed by atoms with E-state index in [1.54, 1.807) is 6.07 Å². The number of benzene rings is 2. The van der Waals surface area contributed by atoms with Gasteiger partial charge in [0.15, 0.2) is 5.82 Å². The molecule has 3 N–H and O–H groups in total. The molecule has 3 aromatic rings. The third-order valence-corrected chi connectivity index (χ3v) is 5.21. The first-order valence-corrected chi connectivity index (χ1v) is 9.98. The van der Waals surface area contributed by atoms with Gasteiger partial charge < -0.3 is 15.9 Å². The van der Waals surface area contributed by atoms with Crippen LogP contribution in [0.5, 0.6) is 5.75 Å². The maximum atomic E-state index is 12.3. The fourth-order valence-corrected chi connectivity index (χ4v) is 3.49. The Morgan fingerprint density at radius 3 is 2.74 bits per heavy atom. The number of halogens is 1. The number of anilines is 1. The van der Waals surface area contributed by atoms with Crippen molar-refractivity contribution in [1.82, 2.24) is 14.9 Å². The van der Waals surface area contributed by atoms with Gasteiger partial charge in [0, 0.05) is 10.0 Å². The number of para-hydroxylation sites is 2. The smallest absolute Gasteiger partial charge is 0.234 e. The van der Waals surface area contributed by atoms with Gasteiger partial charge >= 0.3 is 0 Å². The fourth-order valence-electron chi connectivity index (χ4n) is 2.37. The number of aromatic nitrogens is 3. The van der Waals surface area contributed by atoms with Crippen molar-refractivity contribution in [2.75, 3.05) is 23.5 Å². The standard InChI is InChI=1S/C18H18BrN5O2S/c1-2-26-15-10-6-5-9-14(15)21-16(25)11-27-18-23-22-17(24(18)20)12-7-3-4-8-13(12)19/h3-10H,2,11,20H2,1H3,(H,21,25). The molecule has 0 bridgehead atoms. The topological polar surface area (TPSA) is 95.1 Å². The van der Waals surface area contributed by atoms with Crippen molar-refractivity contribution in [3.63, 3.8) is 0 Å². The number of amides is 1. The first-order valence-electron chi connectivity index (χ1n) is 8.20. The van der Waals surface area contributed by atoms with Crippen LogP contribution in [0.15, 0.2) is 58.2 Å². The average Bonchev–Trinajstić information content (AvgIpc) is 3.03. The number of carbonyl (C=O) groups is 1. The maximum Gasteiger partial charge on any atom is 0.234 e. The van der Waals surface area contributed by atoms with E-state index in [4.69, 9.17) is 10.6 Å². The predicted octanol–water partition coefficient (Wildman–Crippen LogP) is 3.55. The third kappa shape index (κ3) is 4.61. The largest absolute Gasteiger partial charge is 0.492 e. The van der Waals surface area contributed by atoms with Crippen molar-refractivity contribution in [3.8, 4) is 17.1 Å². The molecule has 1 heterocycles. The molecule has 0 aliphatic heterocycles. The second-order valence-corrected chi connectivity index (χ2v) is 7.22. The number of carbonyl (C=O) groups excluding carboxylic acids is 1. The van der Waals surface area contributed by atoms with Crippen LogP contribution in [0.4, 0.5) is 5.69 Å². The molecule has 0 atom stereocenters. The highest BCUT2D eigenvalue weighted by molar-refractivity contribution is 9.10. The second kappa shape index (κ2) is 8.92. The first kappa shape index (κ1) is 19.2. The number of hydrogen-bond acceptors (Lipinski definition) is 6. The number of hydrogen-bond donors (Lipinski definition) is 2. The molecule has 2 aromatic carbocycles. The minimum atomic E-state index is -0.183. The van der Waals surface area contributed by atoms with Crippen LogP contribution in [-0.4, -0.2) is 33.1 Å². The zero-order valence-electron chi connectivity index (χ0n) is 14.6. The summed E-state index contributed by atoms with van der Waals surface area (Å²) in [6.07, 6.45) is 0. The van der Waals surface area contributed by atoms with Crippen molar-refractivity contribution < 1.29 is 9.53 Å². The highest BCUT2D eigenvalue weighted by Gasteiger charge is 2.16. The molecule has 0 radical (unpaired) electrons. The maximum absolute atomic E-state index is 12.3. The van der Waals surface area contributed by atoms with E-state index >= 15 is 0 Å². The molecule has 3 rings (SSSR count). The Balaban J connectivity index is 1.66. The Hall–Kier alpha value is -2.52. The monoisotopic (exact) mass is 447 g/mol. The third-order valence-electron chi connectivity index (χ3n) is 3.57. The Kier molecular flexibility index (Phi) is 6.36. The van der Waals surface area contributed by atoms with E-state index in [0.29, 0.717) is 29.0 Å². The number of nitrogens with one attached hydrogen (secondary N) is 1. The van der Waals surface area contributed by atoms with Crippen molar-refractivity contribution in [3.05, 3.63) is 53.0 Å². The highest BCUT2D eigenvalue weighted by Crippen LogP contribution is 2.28. The number of ether oxygens (including phenoxy) is 1. The number of thioether (sulfide) groups is 1. The lowest BCUT2D eigenvalue weighted by atomic mass is 10.2. The molecule has 0 aliphatic rings. The summed E-state index contributed by atoms with van der Waals surface area (Å²) >= 11 is 4.69. The van der Waals surface area contributed by atoms with E-state index in [0.717, 1.165) is 10.0 Å². The van der Waals surface area contributed by atoms with E-state index in [2.05, 4.69) is 31.4 Å². The lowest BCUT2D eigenvalue weighted by Gasteiger charge is -2.11. The van der Waals surface area contributed by atoms with Crippen LogP contribution in [0, 0.1) is 0 Å². The van der Waals surface area contributed by atoms with Crippen molar-refractivity contribution in [1.29, 1.82) is 0 Å². The second-order valence-electron chi connectivity index (χ2n) is 5.42. The van der Waals surface area contributed by atoms with Crippen molar-refractivity contribution in [2.45, 2.75) is 12.1 Å². The molecule has 1 amide bonds. The lowest BCUT2D eigenvalue weighted by Crippen LogP contribution is -2.17. The summed E-state index contributed by atoms with van der Waals surface area (Å²) in [6, 6.07) is 14.9. The van der Waals surface area contributed by atoms with Gasteiger partial charge in [0.25, 0.3) is 0 Å². The van der Waals surface area contributed by atoms with E-state index < -0.39 is 0 Å². The summed E-state index contributed by atoms with van der Waals surface area (Å²) in [5.74, 6) is 7.22. The van der Waals surface area contributed by atoms with Crippen LogP contribution in [0.3, 0.4) is 0 Å². The summed E-state index contributed by atoms with van der Waals surface area (Å²) < 4.78 is 7.76. The minimum Gasteiger partial charge on any atom is -0.492 e. The Morgan fingerprint density at radius 1 is 1.22 bits per heavy atom. The van der Waals surface area contributed by atoms with Crippen LogP contribution in [0.25, 0.3) is 11.4 Å². The number of nitrogens with two attached hydrogens (primary N) is 1. The van der Waals surface area contributed by atoms with Gasteiger partial charge in [-0.05, 0) is 31.2 Å². The SMILES string of the molecule is CCOc1ccccc1NC(=O)CSc1nnc(-c2ccccc2Br)n1N. The van der Waals surface area contributed by atoms with Gasteiger partial charge in [-0.3, -0.25) is 4.79 Å². The number of nitrogen functional groups attached to an aromatic ring is 1. The van der Waals surface area contributed by atoms with Gasteiger partial charge in [-0.1, -0.05) is 52.0 Å². The first-order chi connectivity index (χ1) is 13.1. The average molecular weight is 448 g/mol. The van der Waals surface area contributed by atoms with E-state index in [1.807, 2.05) is 49.4 Å². The summed E-state index contributed by atoms with van der Waals surface area (Å²) in [4.78, 5) is 12.3. The molecule has 9 heteroatoms. The molecular formula is C18H18BrN5O2S. The van der Waals surface area contributed by atoms with Crippen LogP contribution in [0.2, 0.25) is 0 Å². The van der Waals surface area contributed by atoms with E-state index in [-0.39, 0.29) is 11.7 Å². The van der Waals surface area contributed by atoms with Crippen molar-refractivity contribution in [2.24, 2.45) is 0 Å². The molecule has 27 heavy (non-hydrogen) atoms. The van der Waals surface area contributed by atoms with Gasteiger partial charge in [0.1, 0.15) is 5.75 Å². The Labute approximate surface area is 169 Å². The van der Waals surface area contributed by atoms with Gasteiger partial charge in [0.05, 0.1) is 18.0 Å². The molecule has 1 aromatic heterocycles. The predicted molar refractivity (Wildman–Crippen MR) is 110 cm³/mol. The normalized spacial score (nSPS) is 10.6. The minimum absolute atomic E-state index is 0.145. The van der Waals surface area contributed by atoms with Gasteiger partial charge in [0.2, 0.25) is 11.1 Å². The zero-order valence-corrected chi connectivity index (χ0v) is 17.0. The Morgan fingerprint density at radius 2 is 1.96 bits per heavy atom. The molecule has 7 nitrogen and oxygen atoms in total. The van der Waals surface area contributed by atoms with E-state index in [1.165, 1.54) is 16.4 Å². The molecule has 0 saturated carbocycles. The molecule has 0 fully saturated rings.